The first-order valence-electron chi connectivity index (χ1n) is 7.40. The van der Waals surface area contributed by atoms with E-state index in [1.54, 1.807) is 31.4 Å². The molecule has 0 aliphatic rings. The van der Waals surface area contributed by atoms with Crippen molar-refractivity contribution in [2.75, 3.05) is 0 Å². The number of benzene rings is 1. The van der Waals surface area contributed by atoms with Gasteiger partial charge in [0.1, 0.15) is 29.6 Å². The van der Waals surface area contributed by atoms with Gasteiger partial charge >= 0.3 is 0 Å². The first-order chi connectivity index (χ1) is 12.0. The molecule has 25 heavy (non-hydrogen) atoms. The number of furan rings is 1. The Balaban J connectivity index is 1.60. The molecule has 0 bridgehead atoms. The topological polar surface area (TPSA) is 57.3 Å². The van der Waals surface area contributed by atoms with Crippen LogP contribution in [0, 0.1) is 11.6 Å². The van der Waals surface area contributed by atoms with E-state index in [2.05, 4.69) is 5.10 Å². The highest BCUT2D eigenvalue weighted by Gasteiger charge is 2.08. The van der Waals surface area contributed by atoms with Gasteiger partial charge in [-0.05, 0) is 42.5 Å². The maximum atomic E-state index is 13.5. The molecule has 2 aromatic heterocycles. The molecular weight excluding hydrogens is 330 g/mol. The van der Waals surface area contributed by atoms with Gasteiger partial charge < -0.3 is 9.15 Å². The van der Waals surface area contributed by atoms with Crippen molar-refractivity contribution in [3.05, 3.63) is 77.5 Å². The van der Waals surface area contributed by atoms with Crippen LogP contribution in [0.4, 0.5) is 8.78 Å². The Labute approximate surface area is 142 Å². The van der Waals surface area contributed by atoms with E-state index < -0.39 is 11.6 Å². The summed E-state index contributed by atoms with van der Waals surface area (Å²) in [5.41, 5.74) is 0.334. The lowest BCUT2D eigenvalue weighted by molar-refractivity contribution is 0.104. The SMILES string of the molecule is Cn1ccc(C(=O)C=Cc2ccc(COc3ccc(F)cc3F)o2)n1. The second kappa shape index (κ2) is 7.12. The number of hydrogen-bond donors (Lipinski definition) is 0. The molecule has 5 nitrogen and oxygen atoms in total. The quantitative estimate of drug-likeness (QED) is 0.505. The fraction of sp³-hybridized carbons (Fsp3) is 0.111. The Bertz CT molecular complexity index is 928. The summed E-state index contributed by atoms with van der Waals surface area (Å²) in [6.07, 6.45) is 4.54. The zero-order valence-electron chi connectivity index (χ0n) is 13.3. The average molecular weight is 344 g/mol. The van der Waals surface area contributed by atoms with Gasteiger partial charge in [0.2, 0.25) is 5.78 Å². The molecule has 0 unspecified atom stereocenters. The van der Waals surface area contributed by atoms with E-state index in [1.165, 1.54) is 22.9 Å². The van der Waals surface area contributed by atoms with E-state index in [1.807, 2.05) is 0 Å². The number of halogens is 2. The van der Waals surface area contributed by atoms with Crippen LogP contribution in [0.2, 0.25) is 0 Å². The Morgan fingerprint density at radius 3 is 2.84 bits per heavy atom. The molecule has 0 spiro atoms. The molecule has 0 saturated carbocycles. The van der Waals surface area contributed by atoms with Crippen LogP contribution < -0.4 is 4.74 Å². The number of hydrogen-bond acceptors (Lipinski definition) is 4. The number of carbonyl (C=O) groups is 1. The number of carbonyl (C=O) groups excluding carboxylic acids is 1. The normalized spacial score (nSPS) is 11.2. The molecule has 0 aliphatic heterocycles. The standard InChI is InChI=1S/C18H14F2N2O3/c1-22-9-8-16(21-22)17(23)6-5-13-3-4-14(25-13)11-24-18-7-2-12(19)10-15(18)20/h2-10H,11H2,1H3. The van der Waals surface area contributed by atoms with Gasteiger partial charge in [-0.2, -0.15) is 5.10 Å². The highest BCUT2D eigenvalue weighted by Crippen LogP contribution is 2.20. The minimum Gasteiger partial charge on any atom is -0.483 e. The van der Waals surface area contributed by atoms with Gasteiger partial charge in [0.25, 0.3) is 0 Å². The Morgan fingerprint density at radius 2 is 2.12 bits per heavy atom. The zero-order chi connectivity index (χ0) is 17.8. The number of ketones is 1. The second-order valence-corrected chi connectivity index (χ2v) is 5.24. The fourth-order valence-electron chi connectivity index (χ4n) is 2.09. The first-order valence-corrected chi connectivity index (χ1v) is 7.40. The summed E-state index contributed by atoms with van der Waals surface area (Å²) in [7, 11) is 1.73. The number of aromatic nitrogens is 2. The molecule has 2 heterocycles. The summed E-state index contributed by atoms with van der Waals surface area (Å²) < 4.78 is 38.6. The van der Waals surface area contributed by atoms with Crippen molar-refractivity contribution in [1.29, 1.82) is 0 Å². The Hall–Kier alpha value is -3.22. The number of nitrogens with zero attached hydrogens (tertiary/aromatic N) is 2. The lowest BCUT2D eigenvalue weighted by Crippen LogP contribution is -1.97. The maximum Gasteiger partial charge on any atom is 0.206 e. The Morgan fingerprint density at radius 1 is 1.28 bits per heavy atom. The van der Waals surface area contributed by atoms with Crippen molar-refractivity contribution >= 4 is 11.9 Å². The third-order valence-electron chi connectivity index (χ3n) is 3.31. The number of allylic oxidation sites excluding steroid dienone is 1. The van der Waals surface area contributed by atoms with Crippen molar-refractivity contribution in [1.82, 2.24) is 9.78 Å². The van der Waals surface area contributed by atoms with Crippen LogP contribution in [0.5, 0.6) is 5.75 Å². The summed E-state index contributed by atoms with van der Waals surface area (Å²) in [5, 5.41) is 4.01. The summed E-state index contributed by atoms with van der Waals surface area (Å²) in [6, 6.07) is 7.98. The largest absolute Gasteiger partial charge is 0.483 e. The minimum atomic E-state index is -0.785. The maximum absolute atomic E-state index is 13.5. The van der Waals surface area contributed by atoms with Crippen molar-refractivity contribution in [3.63, 3.8) is 0 Å². The van der Waals surface area contributed by atoms with E-state index in [4.69, 9.17) is 9.15 Å². The number of aryl methyl sites for hydroxylation is 1. The van der Waals surface area contributed by atoms with Gasteiger partial charge in [-0.3, -0.25) is 9.48 Å². The highest BCUT2D eigenvalue weighted by molar-refractivity contribution is 6.05. The molecule has 3 aromatic rings. The lowest BCUT2D eigenvalue weighted by Gasteiger charge is -2.05. The van der Waals surface area contributed by atoms with Gasteiger partial charge in [-0.25, -0.2) is 8.78 Å². The third kappa shape index (κ3) is 4.20. The van der Waals surface area contributed by atoms with Crippen LogP contribution in [-0.4, -0.2) is 15.6 Å². The lowest BCUT2D eigenvalue weighted by atomic mass is 10.2. The zero-order valence-corrected chi connectivity index (χ0v) is 13.3. The van der Waals surface area contributed by atoms with Crippen molar-refractivity contribution in [2.45, 2.75) is 6.61 Å². The summed E-state index contributed by atoms with van der Waals surface area (Å²) in [5.74, 6) is -0.889. The van der Waals surface area contributed by atoms with Gasteiger partial charge in [-0.1, -0.05) is 0 Å². The molecule has 1 aromatic carbocycles. The van der Waals surface area contributed by atoms with Crippen molar-refractivity contribution in [2.24, 2.45) is 7.05 Å². The van der Waals surface area contributed by atoms with E-state index in [0.29, 0.717) is 17.2 Å². The van der Waals surface area contributed by atoms with Crippen molar-refractivity contribution < 1.29 is 22.7 Å². The third-order valence-corrected chi connectivity index (χ3v) is 3.31. The molecule has 0 atom stereocenters. The summed E-state index contributed by atoms with van der Waals surface area (Å²) in [6.45, 7) is -0.0232. The van der Waals surface area contributed by atoms with Crippen LogP contribution >= 0.6 is 0 Å². The Kier molecular flexibility index (Phi) is 4.74. The van der Waals surface area contributed by atoms with Gasteiger partial charge in [-0.15, -0.1) is 0 Å². The molecule has 0 saturated heterocycles. The van der Waals surface area contributed by atoms with Gasteiger partial charge in [0.05, 0.1) is 0 Å². The molecular formula is C18H14F2N2O3. The van der Waals surface area contributed by atoms with E-state index >= 15 is 0 Å². The molecule has 3 rings (SSSR count). The van der Waals surface area contributed by atoms with E-state index in [-0.39, 0.29) is 18.1 Å². The average Bonchev–Trinajstić information content (AvgIpc) is 3.21. The van der Waals surface area contributed by atoms with Gasteiger partial charge in [0.15, 0.2) is 11.6 Å². The van der Waals surface area contributed by atoms with Gasteiger partial charge in [0, 0.05) is 19.3 Å². The molecule has 0 radical (unpaired) electrons. The highest BCUT2D eigenvalue weighted by atomic mass is 19.1. The second-order valence-electron chi connectivity index (χ2n) is 5.24. The monoisotopic (exact) mass is 344 g/mol. The predicted octanol–water partition coefficient (Wildman–Crippen LogP) is 3.77. The van der Waals surface area contributed by atoms with E-state index in [0.717, 1.165) is 12.1 Å². The fourth-order valence-corrected chi connectivity index (χ4v) is 2.09. The molecule has 0 aliphatic carbocycles. The smallest absolute Gasteiger partial charge is 0.206 e. The number of rotatable bonds is 6. The number of ether oxygens (including phenoxy) is 1. The molecule has 0 amide bonds. The minimum absolute atomic E-state index is 0.0232. The van der Waals surface area contributed by atoms with Crippen LogP contribution in [0.3, 0.4) is 0 Å². The van der Waals surface area contributed by atoms with E-state index in [9.17, 15) is 13.6 Å². The summed E-state index contributed by atoms with van der Waals surface area (Å²) >= 11 is 0. The van der Waals surface area contributed by atoms with Crippen LogP contribution in [0.1, 0.15) is 22.0 Å². The first kappa shape index (κ1) is 16.6. The molecule has 128 valence electrons. The predicted molar refractivity (Wildman–Crippen MR) is 86.0 cm³/mol. The molecule has 0 fully saturated rings. The van der Waals surface area contributed by atoms with Crippen LogP contribution in [-0.2, 0) is 13.7 Å². The molecule has 0 N–H and O–H groups in total. The molecule has 7 heteroatoms. The van der Waals surface area contributed by atoms with Crippen LogP contribution in [0.15, 0.2) is 53.1 Å². The van der Waals surface area contributed by atoms with Crippen LogP contribution in [0.25, 0.3) is 6.08 Å². The van der Waals surface area contributed by atoms with Crippen molar-refractivity contribution in [3.8, 4) is 5.75 Å². The summed E-state index contributed by atoms with van der Waals surface area (Å²) in [4.78, 5) is 11.9.